The molecule has 0 saturated carbocycles. The third-order valence-corrected chi connectivity index (χ3v) is 7.74. The number of nitrogen functional groups attached to an aromatic ring is 1. The van der Waals surface area contributed by atoms with Crippen molar-refractivity contribution in [1.29, 1.82) is 5.41 Å². The van der Waals surface area contributed by atoms with Gasteiger partial charge in [-0.05, 0) is 73.2 Å². The monoisotopic (exact) mass is 592 g/mol. The first-order chi connectivity index (χ1) is 19.1. The molecule has 212 valence electrons. The van der Waals surface area contributed by atoms with Gasteiger partial charge in [0.25, 0.3) is 5.91 Å². The molecule has 0 aliphatic carbocycles. The van der Waals surface area contributed by atoms with E-state index in [-0.39, 0.29) is 34.5 Å². The highest BCUT2D eigenvalue weighted by atomic mass is 35.5. The molecule has 5 N–H and O–H groups in total. The highest BCUT2D eigenvalue weighted by molar-refractivity contribution is 7.91. The van der Waals surface area contributed by atoms with Gasteiger partial charge in [0.15, 0.2) is 9.84 Å². The van der Waals surface area contributed by atoms with Crippen molar-refractivity contribution in [2.75, 3.05) is 10.8 Å². The number of nitrogens with one attached hydrogen (secondary N) is 2. The molecule has 4 aromatic rings. The molecular weight excluding hydrogens is 564 g/mol. The Morgan fingerprint density at radius 1 is 0.878 bits per heavy atom. The van der Waals surface area contributed by atoms with Crippen molar-refractivity contribution in [2.24, 2.45) is 5.73 Å². The number of aryl methyl sites for hydroxylation is 1. The summed E-state index contributed by atoms with van der Waals surface area (Å²) >= 11 is 0. The van der Waals surface area contributed by atoms with Crippen LogP contribution in [0.1, 0.15) is 33.1 Å². The van der Waals surface area contributed by atoms with Gasteiger partial charge in [-0.2, -0.15) is 0 Å². The molecule has 0 heterocycles. The second-order valence-corrected chi connectivity index (χ2v) is 11.1. The van der Waals surface area contributed by atoms with Crippen LogP contribution in [0.2, 0.25) is 0 Å². The van der Waals surface area contributed by atoms with Crippen LogP contribution >= 0.6 is 12.4 Å². The van der Waals surface area contributed by atoms with Gasteiger partial charge < -0.3 is 16.2 Å². The third kappa shape index (κ3) is 7.30. The van der Waals surface area contributed by atoms with Crippen molar-refractivity contribution in [2.45, 2.75) is 17.9 Å². The van der Waals surface area contributed by atoms with Gasteiger partial charge in [-0.1, -0.05) is 48.0 Å². The number of rotatable bonds is 9. The molecule has 0 aliphatic rings. The molecule has 0 spiro atoms. The van der Waals surface area contributed by atoms with Crippen LogP contribution < -0.4 is 16.0 Å². The van der Waals surface area contributed by atoms with E-state index in [1.807, 2.05) is 6.92 Å². The van der Waals surface area contributed by atoms with E-state index in [1.165, 1.54) is 41.3 Å². The minimum atomic E-state index is -3.87. The molecule has 2 amide bonds. The smallest absolute Gasteiger partial charge is 0.259 e. The van der Waals surface area contributed by atoms with Crippen LogP contribution in [-0.2, 0) is 14.6 Å². The van der Waals surface area contributed by atoms with Crippen molar-refractivity contribution in [3.8, 4) is 5.75 Å². The second kappa shape index (κ2) is 13.1. The van der Waals surface area contributed by atoms with Gasteiger partial charge in [-0.15, -0.1) is 12.4 Å². The van der Waals surface area contributed by atoms with Gasteiger partial charge in [-0.25, -0.2) is 8.42 Å². The van der Waals surface area contributed by atoms with Gasteiger partial charge in [-0.3, -0.25) is 19.9 Å². The fraction of sp³-hybridized carbons (Fsp3) is 0.100. The van der Waals surface area contributed by atoms with Gasteiger partial charge in [0.2, 0.25) is 5.91 Å². The van der Waals surface area contributed by atoms with Crippen molar-refractivity contribution in [1.82, 2.24) is 5.32 Å². The molecule has 0 saturated heterocycles. The first-order valence-corrected chi connectivity index (χ1v) is 13.9. The first-order valence-electron chi connectivity index (χ1n) is 12.3. The number of phenols is 1. The summed E-state index contributed by atoms with van der Waals surface area (Å²) in [5, 5.41) is 19.9. The number of halogens is 1. The van der Waals surface area contributed by atoms with E-state index in [1.54, 1.807) is 66.7 Å². The molecule has 41 heavy (non-hydrogen) atoms. The molecule has 4 aromatic carbocycles. The van der Waals surface area contributed by atoms with E-state index in [2.05, 4.69) is 5.32 Å². The maximum absolute atomic E-state index is 13.9. The summed E-state index contributed by atoms with van der Waals surface area (Å²) in [5.41, 5.74) is 7.86. The molecule has 11 heteroatoms. The van der Waals surface area contributed by atoms with Crippen LogP contribution in [0.3, 0.4) is 0 Å². The standard InChI is InChI=1S/C30H28N4O5S.ClH/c1-20-7-17-26(18-8-20)40(38,39)19-33-29(36)27(21-5-3-2-4-6-21)34(24-13-9-22(10-14-24)28(31)32)30(37)23-11-15-25(35)16-12-23;/h2-18,27,35H,19H2,1H3,(H3,31,32)(H,33,36);1H. The summed E-state index contributed by atoms with van der Waals surface area (Å²) in [7, 11) is -3.87. The summed E-state index contributed by atoms with van der Waals surface area (Å²) in [5.74, 6) is -2.16. The highest BCUT2D eigenvalue weighted by Gasteiger charge is 2.34. The number of hydrogen-bond acceptors (Lipinski definition) is 6. The Hall–Kier alpha value is -4.67. The number of hydrogen-bond donors (Lipinski definition) is 4. The van der Waals surface area contributed by atoms with Crippen LogP contribution in [0.25, 0.3) is 0 Å². The Bertz CT molecular complexity index is 1630. The van der Waals surface area contributed by atoms with E-state index < -0.39 is 33.6 Å². The maximum atomic E-state index is 13.9. The van der Waals surface area contributed by atoms with E-state index in [9.17, 15) is 23.1 Å². The number of phenolic OH excluding ortho intramolecular Hbond substituents is 1. The molecule has 1 unspecified atom stereocenters. The zero-order valence-electron chi connectivity index (χ0n) is 22.0. The molecule has 0 fully saturated rings. The Morgan fingerprint density at radius 3 is 2.00 bits per heavy atom. The van der Waals surface area contributed by atoms with Crippen LogP contribution in [0.4, 0.5) is 5.69 Å². The Morgan fingerprint density at radius 2 is 1.44 bits per heavy atom. The maximum Gasteiger partial charge on any atom is 0.259 e. The number of amides is 2. The fourth-order valence-electron chi connectivity index (χ4n) is 4.07. The van der Waals surface area contributed by atoms with Gasteiger partial charge >= 0.3 is 0 Å². The summed E-state index contributed by atoms with van der Waals surface area (Å²) in [6.45, 7) is 1.84. The van der Waals surface area contributed by atoms with Crippen molar-refractivity contribution in [3.63, 3.8) is 0 Å². The number of carbonyl (C=O) groups excluding carboxylic acids is 2. The first kappa shape index (κ1) is 30.9. The minimum Gasteiger partial charge on any atom is -0.508 e. The Labute approximate surface area is 244 Å². The van der Waals surface area contributed by atoms with Gasteiger partial charge in [0.1, 0.15) is 23.5 Å². The predicted molar refractivity (Wildman–Crippen MR) is 160 cm³/mol. The van der Waals surface area contributed by atoms with Crippen LogP contribution in [0, 0.1) is 12.3 Å². The van der Waals surface area contributed by atoms with Crippen molar-refractivity contribution in [3.05, 3.63) is 125 Å². The second-order valence-electron chi connectivity index (χ2n) is 9.11. The number of benzene rings is 4. The molecule has 9 nitrogen and oxygen atoms in total. The number of anilines is 1. The topological polar surface area (TPSA) is 154 Å². The number of sulfone groups is 1. The van der Waals surface area contributed by atoms with Crippen LogP contribution in [0.15, 0.2) is 108 Å². The summed E-state index contributed by atoms with van der Waals surface area (Å²) in [6.07, 6.45) is 0. The number of nitrogens with zero attached hydrogens (tertiary/aromatic N) is 1. The highest BCUT2D eigenvalue weighted by Crippen LogP contribution is 2.30. The Kier molecular flexibility index (Phi) is 9.88. The Balaban J connectivity index is 0.00000462. The molecule has 0 radical (unpaired) electrons. The quantitative estimate of drug-likeness (QED) is 0.167. The van der Waals surface area contributed by atoms with Crippen LogP contribution in [0.5, 0.6) is 5.75 Å². The summed E-state index contributed by atoms with van der Waals surface area (Å²) in [4.78, 5) is 29.0. The normalized spacial score (nSPS) is 11.5. The molecular formula is C30H29ClN4O5S. The lowest BCUT2D eigenvalue weighted by molar-refractivity contribution is -0.122. The molecule has 0 aliphatic heterocycles. The van der Waals surface area contributed by atoms with E-state index in [0.717, 1.165) is 5.56 Å². The fourth-order valence-corrected chi connectivity index (χ4v) is 5.12. The lowest BCUT2D eigenvalue weighted by atomic mass is 10.0. The van der Waals surface area contributed by atoms with E-state index in [0.29, 0.717) is 16.8 Å². The zero-order chi connectivity index (χ0) is 28.9. The largest absolute Gasteiger partial charge is 0.508 e. The van der Waals surface area contributed by atoms with Crippen molar-refractivity contribution >= 4 is 45.6 Å². The van der Waals surface area contributed by atoms with E-state index >= 15 is 0 Å². The average Bonchev–Trinajstić information content (AvgIpc) is 2.95. The van der Waals surface area contributed by atoms with E-state index in [4.69, 9.17) is 11.1 Å². The zero-order valence-corrected chi connectivity index (χ0v) is 23.7. The predicted octanol–water partition coefficient (Wildman–Crippen LogP) is 4.34. The number of amidine groups is 1. The number of nitrogens with two attached hydrogens (primary N) is 1. The summed E-state index contributed by atoms with van der Waals surface area (Å²) in [6, 6.07) is 25.3. The third-order valence-electron chi connectivity index (χ3n) is 6.23. The molecule has 4 rings (SSSR count). The lowest BCUT2D eigenvalue weighted by Crippen LogP contribution is -2.45. The molecule has 0 aromatic heterocycles. The average molecular weight is 593 g/mol. The van der Waals surface area contributed by atoms with Crippen LogP contribution in [-0.4, -0.2) is 37.1 Å². The SMILES string of the molecule is Cc1ccc(S(=O)(=O)CNC(=O)C(c2ccccc2)N(C(=O)c2ccc(O)cc2)c2ccc(C(=N)N)cc2)cc1.Cl. The van der Waals surface area contributed by atoms with Gasteiger partial charge in [0.05, 0.1) is 4.90 Å². The molecule has 0 bridgehead atoms. The molecule has 1 atom stereocenters. The minimum absolute atomic E-state index is 0. The summed E-state index contributed by atoms with van der Waals surface area (Å²) < 4.78 is 26.0. The van der Waals surface area contributed by atoms with Crippen molar-refractivity contribution < 1.29 is 23.1 Å². The number of aromatic hydroxyl groups is 1. The number of carbonyl (C=O) groups is 2. The lowest BCUT2D eigenvalue weighted by Gasteiger charge is -2.31. The van der Waals surface area contributed by atoms with Gasteiger partial charge in [0, 0.05) is 16.8 Å².